The topological polar surface area (TPSA) is 104 Å². The molecule has 1 aromatic rings. The lowest BCUT2D eigenvalue weighted by atomic mass is 10.1. The standard InChI is InChI=1S/C26H45N5O4/c1-2-3-21-34-25(32)24(31-19-17-28-15-13-27-14-16-29-18-20-31)11-7-8-12-30-26(33)35-22-23-9-5-4-6-10-23/h4-6,9-10,24,27-29H,2-3,7-8,11-22H2,1H3,(H,30,33). The number of nitrogens with one attached hydrogen (secondary N) is 4. The van der Waals surface area contributed by atoms with E-state index in [9.17, 15) is 9.59 Å². The van der Waals surface area contributed by atoms with Gasteiger partial charge in [-0.25, -0.2) is 4.79 Å². The highest BCUT2D eigenvalue weighted by Crippen LogP contribution is 2.12. The Morgan fingerprint density at radius 3 is 2.23 bits per heavy atom. The van der Waals surface area contributed by atoms with Crippen molar-refractivity contribution in [3.8, 4) is 0 Å². The molecular formula is C26H45N5O4. The number of rotatable bonds is 12. The first-order valence-corrected chi connectivity index (χ1v) is 13.2. The molecule has 0 saturated carbocycles. The van der Waals surface area contributed by atoms with Crippen molar-refractivity contribution in [1.29, 1.82) is 0 Å². The Hall–Kier alpha value is -2.20. The van der Waals surface area contributed by atoms with Crippen molar-refractivity contribution in [3.63, 3.8) is 0 Å². The third-order valence-corrected chi connectivity index (χ3v) is 5.95. The van der Waals surface area contributed by atoms with Gasteiger partial charge < -0.3 is 30.7 Å². The van der Waals surface area contributed by atoms with Crippen LogP contribution in [-0.2, 0) is 20.9 Å². The zero-order valence-electron chi connectivity index (χ0n) is 21.4. The molecule has 2 rings (SSSR count). The van der Waals surface area contributed by atoms with Gasteiger partial charge in [-0.05, 0) is 31.2 Å². The fourth-order valence-electron chi connectivity index (χ4n) is 3.89. The summed E-state index contributed by atoms with van der Waals surface area (Å²) in [5.74, 6) is -0.137. The van der Waals surface area contributed by atoms with Gasteiger partial charge in [0.2, 0.25) is 0 Å². The molecule has 1 atom stereocenters. The van der Waals surface area contributed by atoms with Gasteiger partial charge in [0.15, 0.2) is 0 Å². The molecular weight excluding hydrogens is 446 g/mol. The van der Waals surface area contributed by atoms with Gasteiger partial charge in [0, 0.05) is 58.9 Å². The van der Waals surface area contributed by atoms with Crippen LogP contribution >= 0.6 is 0 Å². The smallest absolute Gasteiger partial charge is 0.407 e. The van der Waals surface area contributed by atoms with E-state index in [1.54, 1.807) is 0 Å². The van der Waals surface area contributed by atoms with E-state index in [0.29, 0.717) is 19.6 Å². The number of carbonyl (C=O) groups is 2. The first-order chi connectivity index (χ1) is 17.2. The zero-order valence-corrected chi connectivity index (χ0v) is 21.4. The van der Waals surface area contributed by atoms with Crippen LogP contribution in [-0.4, -0.2) is 88.5 Å². The maximum atomic E-state index is 13.0. The van der Waals surface area contributed by atoms with Crippen LogP contribution in [0, 0.1) is 0 Å². The first kappa shape index (κ1) is 29.0. The van der Waals surface area contributed by atoms with E-state index in [4.69, 9.17) is 9.47 Å². The first-order valence-electron chi connectivity index (χ1n) is 13.2. The molecule has 1 unspecified atom stereocenters. The fraction of sp³-hybridized carbons (Fsp3) is 0.692. The van der Waals surface area contributed by atoms with Crippen LogP contribution in [0.5, 0.6) is 0 Å². The van der Waals surface area contributed by atoms with Gasteiger partial charge in [-0.1, -0.05) is 43.7 Å². The van der Waals surface area contributed by atoms with E-state index in [0.717, 1.165) is 83.6 Å². The number of hydrogen-bond acceptors (Lipinski definition) is 8. The van der Waals surface area contributed by atoms with Crippen LogP contribution < -0.4 is 21.3 Å². The second-order valence-corrected chi connectivity index (χ2v) is 8.81. The number of esters is 1. The third-order valence-electron chi connectivity index (χ3n) is 5.95. The molecule has 1 aromatic carbocycles. The monoisotopic (exact) mass is 491 g/mol. The largest absolute Gasteiger partial charge is 0.465 e. The van der Waals surface area contributed by atoms with Crippen LogP contribution in [0.3, 0.4) is 0 Å². The van der Waals surface area contributed by atoms with Crippen molar-refractivity contribution < 1.29 is 19.1 Å². The Labute approximate surface area is 210 Å². The van der Waals surface area contributed by atoms with Crippen LogP contribution in [0.1, 0.15) is 44.6 Å². The summed E-state index contributed by atoms with van der Waals surface area (Å²) >= 11 is 0. The molecule has 0 spiro atoms. The molecule has 1 saturated heterocycles. The van der Waals surface area contributed by atoms with Crippen LogP contribution in [0.25, 0.3) is 0 Å². The van der Waals surface area contributed by atoms with Crippen molar-refractivity contribution in [2.75, 3.05) is 65.5 Å². The van der Waals surface area contributed by atoms with Crippen LogP contribution in [0.15, 0.2) is 30.3 Å². The number of benzene rings is 1. The average Bonchev–Trinajstić information content (AvgIpc) is 2.86. The van der Waals surface area contributed by atoms with Crippen molar-refractivity contribution in [2.24, 2.45) is 0 Å². The molecule has 0 aromatic heterocycles. The summed E-state index contributed by atoms with van der Waals surface area (Å²) in [4.78, 5) is 27.2. The Kier molecular flexibility index (Phi) is 15.8. The van der Waals surface area contributed by atoms with Gasteiger partial charge in [-0.15, -0.1) is 0 Å². The maximum absolute atomic E-state index is 13.0. The van der Waals surface area contributed by atoms with Crippen molar-refractivity contribution in [3.05, 3.63) is 35.9 Å². The van der Waals surface area contributed by atoms with Gasteiger partial charge in [0.25, 0.3) is 0 Å². The molecule has 198 valence electrons. The van der Waals surface area contributed by atoms with Crippen LogP contribution in [0.2, 0.25) is 0 Å². The Morgan fingerprint density at radius 2 is 1.57 bits per heavy atom. The second kappa shape index (κ2) is 19.0. The van der Waals surface area contributed by atoms with Gasteiger partial charge in [0.05, 0.1) is 6.61 Å². The van der Waals surface area contributed by atoms with Gasteiger partial charge in [-0.3, -0.25) is 9.69 Å². The zero-order chi connectivity index (χ0) is 25.0. The Bertz CT molecular complexity index is 680. The minimum atomic E-state index is -0.418. The highest BCUT2D eigenvalue weighted by Gasteiger charge is 2.26. The van der Waals surface area contributed by atoms with E-state index in [1.165, 1.54) is 0 Å². The Balaban J connectivity index is 1.79. The van der Waals surface area contributed by atoms with Gasteiger partial charge >= 0.3 is 12.1 Å². The molecule has 1 heterocycles. The molecule has 9 heteroatoms. The molecule has 4 N–H and O–H groups in total. The lowest BCUT2D eigenvalue weighted by Gasteiger charge is -2.31. The van der Waals surface area contributed by atoms with E-state index in [2.05, 4.69) is 33.1 Å². The minimum absolute atomic E-state index is 0.137. The van der Waals surface area contributed by atoms with Gasteiger partial charge in [-0.2, -0.15) is 0 Å². The molecule has 0 aliphatic carbocycles. The summed E-state index contributed by atoms with van der Waals surface area (Å²) in [5.41, 5.74) is 0.957. The van der Waals surface area contributed by atoms with E-state index >= 15 is 0 Å². The lowest BCUT2D eigenvalue weighted by molar-refractivity contribution is -0.150. The molecule has 1 aliphatic rings. The third kappa shape index (κ3) is 13.5. The molecule has 0 bridgehead atoms. The normalized spacial score (nSPS) is 16.9. The molecule has 1 aliphatic heterocycles. The van der Waals surface area contributed by atoms with Crippen LogP contribution in [0.4, 0.5) is 4.79 Å². The summed E-state index contributed by atoms with van der Waals surface area (Å²) < 4.78 is 10.9. The number of alkyl carbamates (subject to hydrolysis) is 1. The summed E-state index contributed by atoms with van der Waals surface area (Å²) in [6.07, 6.45) is 3.74. The van der Waals surface area contributed by atoms with E-state index in [-0.39, 0.29) is 18.6 Å². The number of nitrogens with zero attached hydrogens (tertiary/aromatic N) is 1. The number of unbranched alkanes of at least 4 members (excludes halogenated alkanes) is 2. The molecule has 1 fully saturated rings. The predicted octanol–water partition coefficient (Wildman–Crippen LogP) is 1.88. The number of carbonyl (C=O) groups excluding carboxylic acids is 2. The summed E-state index contributed by atoms with van der Waals surface area (Å²) in [6.45, 7) is 10.3. The SMILES string of the molecule is CCCCOC(=O)C(CCCCNC(=O)OCc1ccccc1)N1CCNCCNCCNCC1. The Morgan fingerprint density at radius 1 is 0.914 bits per heavy atom. The minimum Gasteiger partial charge on any atom is -0.465 e. The van der Waals surface area contributed by atoms with E-state index < -0.39 is 6.09 Å². The summed E-state index contributed by atoms with van der Waals surface area (Å²) in [7, 11) is 0. The summed E-state index contributed by atoms with van der Waals surface area (Å²) in [5, 5.41) is 13.1. The summed E-state index contributed by atoms with van der Waals surface area (Å²) in [6, 6.07) is 9.34. The number of amides is 1. The second-order valence-electron chi connectivity index (χ2n) is 8.81. The highest BCUT2D eigenvalue weighted by molar-refractivity contribution is 5.75. The molecule has 35 heavy (non-hydrogen) atoms. The fourth-order valence-corrected chi connectivity index (χ4v) is 3.89. The van der Waals surface area contributed by atoms with E-state index in [1.807, 2.05) is 30.3 Å². The average molecular weight is 492 g/mol. The quantitative estimate of drug-likeness (QED) is 0.260. The maximum Gasteiger partial charge on any atom is 0.407 e. The van der Waals surface area contributed by atoms with Crippen molar-refractivity contribution >= 4 is 12.1 Å². The van der Waals surface area contributed by atoms with Crippen molar-refractivity contribution in [2.45, 2.75) is 51.7 Å². The number of hydrogen-bond donors (Lipinski definition) is 4. The predicted molar refractivity (Wildman–Crippen MR) is 138 cm³/mol. The van der Waals surface area contributed by atoms with Crippen molar-refractivity contribution in [1.82, 2.24) is 26.2 Å². The molecule has 0 radical (unpaired) electrons. The number of ether oxygens (including phenoxy) is 2. The lowest BCUT2D eigenvalue weighted by Crippen LogP contribution is -2.49. The van der Waals surface area contributed by atoms with Gasteiger partial charge in [0.1, 0.15) is 12.6 Å². The highest BCUT2D eigenvalue weighted by atomic mass is 16.5. The molecule has 9 nitrogen and oxygen atoms in total. The molecule has 1 amide bonds.